The summed E-state index contributed by atoms with van der Waals surface area (Å²) >= 11 is 0. The van der Waals surface area contributed by atoms with Gasteiger partial charge in [0.2, 0.25) is 0 Å². The molecule has 1 unspecified atom stereocenters. The van der Waals surface area contributed by atoms with Crippen LogP contribution in [-0.4, -0.2) is 52.1 Å². The lowest BCUT2D eigenvalue weighted by Gasteiger charge is -2.25. The molecule has 2 fully saturated rings. The molecule has 3 aromatic heterocycles. The third-order valence-corrected chi connectivity index (χ3v) is 5.55. The van der Waals surface area contributed by atoms with Crippen molar-refractivity contribution in [2.45, 2.75) is 25.3 Å². The van der Waals surface area contributed by atoms with Crippen LogP contribution in [0.4, 0.5) is 11.5 Å². The molecular weight excluding hydrogens is 300 g/mol. The highest BCUT2D eigenvalue weighted by molar-refractivity contribution is 6.14. The Morgan fingerprint density at radius 3 is 2.92 bits per heavy atom. The SMILES string of the molecule is Nc1ncc2[nH]c3ncccc3c2c1N1CCC(N2CCCC2)C1. The van der Waals surface area contributed by atoms with Gasteiger partial charge in [0.05, 0.1) is 17.4 Å². The fraction of sp³-hybridized carbons (Fsp3) is 0.444. The molecule has 5 rings (SSSR count). The normalized spacial score (nSPS) is 22.2. The lowest BCUT2D eigenvalue weighted by Crippen LogP contribution is -2.35. The molecule has 124 valence electrons. The van der Waals surface area contributed by atoms with Crippen LogP contribution in [0, 0.1) is 0 Å². The average Bonchev–Trinajstić information content (AvgIpc) is 3.33. The van der Waals surface area contributed by atoms with E-state index in [0.29, 0.717) is 11.9 Å². The number of nitrogens with two attached hydrogens (primary N) is 1. The van der Waals surface area contributed by atoms with E-state index in [1.165, 1.54) is 32.4 Å². The summed E-state index contributed by atoms with van der Waals surface area (Å²) in [5.74, 6) is 0.620. The Morgan fingerprint density at radius 1 is 1.17 bits per heavy atom. The predicted molar refractivity (Wildman–Crippen MR) is 97.2 cm³/mol. The monoisotopic (exact) mass is 322 g/mol. The Balaban J connectivity index is 1.60. The summed E-state index contributed by atoms with van der Waals surface area (Å²) in [4.78, 5) is 17.3. The van der Waals surface area contributed by atoms with Gasteiger partial charge in [0.25, 0.3) is 0 Å². The highest BCUT2D eigenvalue weighted by Crippen LogP contribution is 2.38. The van der Waals surface area contributed by atoms with Crippen LogP contribution < -0.4 is 10.6 Å². The van der Waals surface area contributed by atoms with E-state index in [9.17, 15) is 0 Å². The number of nitrogen functional groups attached to an aromatic ring is 1. The van der Waals surface area contributed by atoms with E-state index in [2.05, 4.69) is 30.8 Å². The third kappa shape index (κ3) is 2.06. The molecule has 24 heavy (non-hydrogen) atoms. The Labute approximate surface area is 140 Å². The maximum Gasteiger partial charge on any atom is 0.147 e. The third-order valence-electron chi connectivity index (χ3n) is 5.55. The number of hydrogen-bond acceptors (Lipinski definition) is 5. The first-order chi connectivity index (χ1) is 11.8. The number of fused-ring (bicyclic) bond motifs is 3. The van der Waals surface area contributed by atoms with Gasteiger partial charge in [0.15, 0.2) is 0 Å². The number of nitrogens with one attached hydrogen (secondary N) is 1. The number of aromatic amines is 1. The van der Waals surface area contributed by atoms with Crippen LogP contribution in [-0.2, 0) is 0 Å². The molecule has 3 N–H and O–H groups in total. The van der Waals surface area contributed by atoms with Gasteiger partial charge < -0.3 is 15.6 Å². The Bertz CT molecular complexity index is 895. The van der Waals surface area contributed by atoms with E-state index in [-0.39, 0.29) is 0 Å². The van der Waals surface area contributed by atoms with E-state index in [1.54, 1.807) is 0 Å². The highest BCUT2D eigenvalue weighted by Gasteiger charge is 2.31. The van der Waals surface area contributed by atoms with Gasteiger partial charge in [-0.1, -0.05) is 0 Å². The molecule has 2 aliphatic heterocycles. The molecule has 0 aliphatic carbocycles. The zero-order chi connectivity index (χ0) is 16.1. The Kier molecular flexibility index (Phi) is 3.13. The van der Waals surface area contributed by atoms with E-state index in [1.807, 2.05) is 18.5 Å². The first-order valence-corrected chi connectivity index (χ1v) is 8.81. The number of rotatable bonds is 2. The molecule has 0 radical (unpaired) electrons. The van der Waals surface area contributed by atoms with Crippen molar-refractivity contribution in [3.8, 4) is 0 Å². The first-order valence-electron chi connectivity index (χ1n) is 8.81. The number of hydrogen-bond donors (Lipinski definition) is 2. The Hall–Kier alpha value is -2.34. The molecule has 2 saturated heterocycles. The summed E-state index contributed by atoms with van der Waals surface area (Å²) in [5, 5.41) is 2.29. The molecule has 0 saturated carbocycles. The lowest BCUT2D eigenvalue weighted by atomic mass is 10.1. The van der Waals surface area contributed by atoms with Gasteiger partial charge in [-0.15, -0.1) is 0 Å². The number of H-pyrrole nitrogens is 1. The molecule has 2 aliphatic rings. The topological polar surface area (TPSA) is 74.1 Å². The van der Waals surface area contributed by atoms with E-state index < -0.39 is 0 Å². The van der Waals surface area contributed by atoms with E-state index in [0.717, 1.165) is 40.7 Å². The summed E-state index contributed by atoms with van der Waals surface area (Å²) < 4.78 is 0. The first kappa shape index (κ1) is 14.0. The number of nitrogens with zero attached hydrogens (tertiary/aromatic N) is 4. The van der Waals surface area contributed by atoms with E-state index in [4.69, 9.17) is 5.73 Å². The summed E-state index contributed by atoms with van der Waals surface area (Å²) in [5.41, 5.74) is 9.30. The summed E-state index contributed by atoms with van der Waals surface area (Å²) in [6.07, 6.45) is 7.52. The van der Waals surface area contributed by atoms with Crippen LogP contribution in [0.15, 0.2) is 24.5 Å². The number of anilines is 2. The Morgan fingerprint density at radius 2 is 2.04 bits per heavy atom. The number of likely N-dealkylation sites (tertiary alicyclic amines) is 1. The molecule has 0 bridgehead atoms. The molecule has 5 heterocycles. The second kappa shape index (κ2) is 5.34. The van der Waals surface area contributed by atoms with Crippen molar-refractivity contribution in [2.75, 3.05) is 36.8 Å². The fourth-order valence-corrected chi connectivity index (χ4v) is 4.39. The van der Waals surface area contributed by atoms with Gasteiger partial charge in [0.1, 0.15) is 11.5 Å². The van der Waals surface area contributed by atoms with Gasteiger partial charge >= 0.3 is 0 Å². The molecule has 3 aromatic rings. The van der Waals surface area contributed by atoms with Crippen LogP contribution >= 0.6 is 0 Å². The summed E-state index contributed by atoms with van der Waals surface area (Å²) in [6.45, 7) is 4.57. The largest absolute Gasteiger partial charge is 0.382 e. The van der Waals surface area contributed by atoms with Crippen LogP contribution in [0.2, 0.25) is 0 Å². The van der Waals surface area contributed by atoms with Crippen LogP contribution in [0.1, 0.15) is 19.3 Å². The molecular formula is C18H22N6. The minimum absolute atomic E-state index is 0.620. The molecule has 6 heteroatoms. The predicted octanol–water partition coefficient (Wildman–Crippen LogP) is 2.37. The van der Waals surface area contributed by atoms with Crippen molar-refractivity contribution in [3.63, 3.8) is 0 Å². The van der Waals surface area contributed by atoms with Crippen molar-refractivity contribution in [2.24, 2.45) is 0 Å². The summed E-state index contributed by atoms with van der Waals surface area (Å²) in [6, 6.07) is 4.73. The van der Waals surface area contributed by atoms with Crippen LogP contribution in [0.25, 0.3) is 21.9 Å². The maximum atomic E-state index is 6.31. The molecule has 0 spiro atoms. The van der Waals surface area contributed by atoms with Crippen molar-refractivity contribution >= 4 is 33.4 Å². The second-order valence-corrected chi connectivity index (χ2v) is 6.94. The van der Waals surface area contributed by atoms with Gasteiger partial charge in [0, 0.05) is 36.1 Å². The second-order valence-electron chi connectivity index (χ2n) is 6.94. The van der Waals surface area contributed by atoms with E-state index >= 15 is 0 Å². The fourth-order valence-electron chi connectivity index (χ4n) is 4.39. The van der Waals surface area contributed by atoms with Crippen LogP contribution in [0.5, 0.6) is 0 Å². The van der Waals surface area contributed by atoms with Crippen molar-refractivity contribution < 1.29 is 0 Å². The quantitative estimate of drug-likeness (QED) is 0.758. The zero-order valence-corrected chi connectivity index (χ0v) is 13.7. The smallest absolute Gasteiger partial charge is 0.147 e. The average molecular weight is 322 g/mol. The lowest BCUT2D eigenvalue weighted by molar-refractivity contribution is 0.260. The minimum atomic E-state index is 0.620. The van der Waals surface area contributed by atoms with Crippen molar-refractivity contribution in [1.29, 1.82) is 0 Å². The molecule has 1 atom stereocenters. The molecule has 6 nitrogen and oxygen atoms in total. The molecule has 0 aromatic carbocycles. The van der Waals surface area contributed by atoms with Gasteiger partial charge in [-0.05, 0) is 44.5 Å². The van der Waals surface area contributed by atoms with Crippen molar-refractivity contribution in [3.05, 3.63) is 24.5 Å². The minimum Gasteiger partial charge on any atom is -0.382 e. The zero-order valence-electron chi connectivity index (χ0n) is 13.7. The maximum absolute atomic E-state index is 6.31. The number of pyridine rings is 2. The standard InChI is InChI=1S/C18H22N6/c19-17-16(24-9-5-12(11-24)23-7-1-2-8-23)15-13-4-3-6-20-18(13)22-14(15)10-21-17/h3-4,6,10,12H,1-2,5,7-9,11H2,(H2,19,21)(H,20,22). The van der Waals surface area contributed by atoms with Gasteiger partial charge in [-0.25, -0.2) is 9.97 Å². The van der Waals surface area contributed by atoms with Gasteiger partial charge in [-0.2, -0.15) is 0 Å². The number of aromatic nitrogens is 3. The van der Waals surface area contributed by atoms with Crippen molar-refractivity contribution in [1.82, 2.24) is 19.9 Å². The summed E-state index contributed by atoms with van der Waals surface area (Å²) in [7, 11) is 0. The molecule has 0 amide bonds. The van der Waals surface area contributed by atoms with Gasteiger partial charge in [-0.3, -0.25) is 4.90 Å². The van der Waals surface area contributed by atoms with Crippen LogP contribution in [0.3, 0.4) is 0 Å². The highest BCUT2D eigenvalue weighted by atomic mass is 15.3.